The molecule has 0 spiro atoms. The lowest BCUT2D eigenvalue weighted by atomic mass is 10.1. The molecular weight excluding hydrogens is 376 g/mol. The molecule has 0 saturated carbocycles. The fourth-order valence-electron chi connectivity index (χ4n) is 3.48. The number of imidazole rings is 1. The molecule has 1 unspecified atom stereocenters. The molecule has 0 fully saturated rings. The molecule has 2 aromatic carbocycles. The van der Waals surface area contributed by atoms with Crippen LogP contribution in [-0.4, -0.2) is 20.1 Å². The summed E-state index contributed by atoms with van der Waals surface area (Å²) in [5, 5.41) is 20.0. The number of hydrogen-bond acceptors (Lipinski definition) is 4. The molecule has 7 heteroatoms. The lowest BCUT2D eigenvalue weighted by Crippen LogP contribution is -2.19. The lowest BCUT2D eigenvalue weighted by Gasteiger charge is -2.15. The number of nitriles is 1. The van der Waals surface area contributed by atoms with Crippen LogP contribution >= 0.6 is 0 Å². The summed E-state index contributed by atoms with van der Waals surface area (Å²) in [5.41, 5.74) is 4.74. The highest BCUT2D eigenvalue weighted by molar-refractivity contribution is 6.04. The molecule has 0 bridgehead atoms. The van der Waals surface area contributed by atoms with E-state index >= 15 is 0 Å². The van der Waals surface area contributed by atoms with Crippen LogP contribution in [0.5, 0.6) is 0 Å². The number of amides is 1. The van der Waals surface area contributed by atoms with Gasteiger partial charge in [0.05, 0.1) is 11.9 Å². The number of carbonyl (C=O) groups excluding carboxylic acids is 1. The molecule has 2 aromatic heterocycles. The van der Waals surface area contributed by atoms with Gasteiger partial charge in [0, 0.05) is 37.1 Å². The minimum atomic E-state index is -0.132. The number of nitrogens with one attached hydrogen (secondary N) is 2. The number of benzene rings is 2. The van der Waals surface area contributed by atoms with Gasteiger partial charge in [0.1, 0.15) is 11.6 Å². The first-order valence-corrected chi connectivity index (χ1v) is 9.68. The van der Waals surface area contributed by atoms with E-state index < -0.39 is 0 Å². The number of fused-ring (bicyclic) bond motifs is 1. The van der Waals surface area contributed by atoms with Crippen molar-refractivity contribution < 1.29 is 4.79 Å². The summed E-state index contributed by atoms with van der Waals surface area (Å²) in [6, 6.07) is 19.2. The van der Waals surface area contributed by atoms with Crippen molar-refractivity contribution in [3.8, 4) is 6.07 Å². The summed E-state index contributed by atoms with van der Waals surface area (Å²) in [4.78, 5) is 12.4. The lowest BCUT2D eigenvalue weighted by molar-refractivity contribution is 0.102. The van der Waals surface area contributed by atoms with Crippen molar-refractivity contribution in [1.29, 1.82) is 5.26 Å². The molecule has 150 valence electrons. The Morgan fingerprint density at radius 2 is 2.00 bits per heavy atom. The Hall–Kier alpha value is -3.89. The summed E-state index contributed by atoms with van der Waals surface area (Å²) >= 11 is 0. The van der Waals surface area contributed by atoms with Crippen molar-refractivity contribution in [3.63, 3.8) is 0 Å². The number of aryl methyl sites for hydroxylation is 1. The number of carbonyl (C=O) groups is 1. The fourth-order valence-corrected chi connectivity index (χ4v) is 3.48. The molecule has 4 aromatic rings. The third kappa shape index (κ3) is 3.81. The van der Waals surface area contributed by atoms with Crippen molar-refractivity contribution in [1.82, 2.24) is 19.5 Å². The van der Waals surface area contributed by atoms with Gasteiger partial charge >= 0.3 is 0 Å². The average Bonchev–Trinajstić information content (AvgIpc) is 3.34. The average molecular weight is 398 g/mol. The smallest absolute Gasteiger partial charge is 0.255 e. The van der Waals surface area contributed by atoms with E-state index in [2.05, 4.69) is 28.7 Å². The maximum Gasteiger partial charge on any atom is 0.255 e. The zero-order valence-corrected chi connectivity index (χ0v) is 16.8. The summed E-state index contributed by atoms with van der Waals surface area (Å²) in [7, 11) is 1.91. The van der Waals surface area contributed by atoms with Crippen molar-refractivity contribution in [3.05, 3.63) is 89.4 Å². The molecule has 4 rings (SSSR count). The molecule has 0 saturated heterocycles. The van der Waals surface area contributed by atoms with Gasteiger partial charge in [0.15, 0.2) is 5.65 Å². The molecule has 0 aliphatic carbocycles. The Bertz CT molecular complexity index is 1230. The zero-order chi connectivity index (χ0) is 21.1. The second kappa shape index (κ2) is 8.23. The molecule has 0 aliphatic heterocycles. The van der Waals surface area contributed by atoms with E-state index in [1.54, 1.807) is 22.8 Å². The Morgan fingerprint density at radius 1 is 1.20 bits per heavy atom. The van der Waals surface area contributed by atoms with Crippen molar-refractivity contribution in [2.75, 3.05) is 5.32 Å². The Labute approximate surface area is 174 Å². The highest BCUT2D eigenvalue weighted by Crippen LogP contribution is 2.20. The molecule has 0 radical (unpaired) electrons. The van der Waals surface area contributed by atoms with Crippen molar-refractivity contribution in [2.45, 2.75) is 19.5 Å². The predicted octanol–water partition coefficient (Wildman–Crippen LogP) is 3.65. The number of anilines is 1. The van der Waals surface area contributed by atoms with Crippen LogP contribution in [0.25, 0.3) is 5.65 Å². The third-order valence-electron chi connectivity index (χ3n) is 5.08. The molecule has 7 nitrogen and oxygen atoms in total. The first kappa shape index (κ1) is 19.4. The Balaban J connectivity index is 1.45. The number of aromatic nitrogens is 3. The van der Waals surface area contributed by atoms with Gasteiger partial charge in [0.2, 0.25) is 0 Å². The standard InChI is InChI=1S/C23H22N6O/c1-16(25-14-21-15-28(2)23-19(12-24)13-26-29(21)23)18-9-6-10-20(11-18)27-22(30)17-7-4-3-5-8-17/h3-11,13,15-16,25H,14H2,1-2H3,(H,27,30). The quantitative estimate of drug-likeness (QED) is 0.519. The van der Waals surface area contributed by atoms with Gasteiger partial charge in [-0.05, 0) is 36.8 Å². The van der Waals surface area contributed by atoms with E-state index in [1.165, 1.54) is 0 Å². The second-order valence-electron chi connectivity index (χ2n) is 7.19. The summed E-state index contributed by atoms with van der Waals surface area (Å²) < 4.78 is 3.70. The number of nitrogens with zero attached hydrogens (tertiary/aromatic N) is 4. The van der Waals surface area contributed by atoms with E-state index in [0.29, 0.717) is 17.7 Å². The predicted molar refractivity (Wildman–Crippen MR) is 115 cm³/mol. The molecule has 2 N–H and O–H groups in total. The van der Waals surface area contributed by atoms with Crippen LogP contribution in [0.3, 0.4) is 0 Å². The third-order valence-corrected chi connectivity index (χ3v) is 5.08. The first-order chi connectivity index (χ1) is 14.6. The first-order valence-electron chi connectivity index (χ1n) is 9.68. The minimum absolute atomic E-state index is 0.0554. The van der Waals surface area contributed by atoms with Crippen LogP contribution in [0.15, 0.2) is 67.0 Å². The maximum absolute atomic E-state index is 12.4. The summed E-state index contributed by atoms with van der Waals surface area (Å²) in [6.45, 7) is 2.66. The number of hydrogen-bond donors (Lipinski definition) is 2. The molecule has 1 amide bonds. The van der Waals surface area contributed by atoms with Gasteiger partial charge in [-0.3, -0.25) is 4.79 Å². The van der Waals surface area contributed by atoms with Crippen LogP contribution in [0.4, 0.5) is 5.69 Å². The van der Waals surface area contributed by atoms with Crippen LogP contribution in [0, 0.1) is 11.3 Å². The number of rotatable bonds is 6. The molecule has 30 heavy (non-hydrogen) atoms. The molecule has 2 heterocycles. The minimum Gasteiger partial charge on any atom is -0.333 e. The largest absolute Gasteiger partial charge is 0.333 e. The van der Waals surface area contributed by atoms with Gasteiger partial charge in [-0.1, -0.05) is 30.3 Å². The normalized spacial score (nSPS) is 11.9. The monoisotopic (exact) mass is 398 g/mol. The van der Waals surface area contributed by atoms with Gasteiger partial charge in [-0.2, -0.15) is 10.4 Å². The van der Waals surface area contributed by atoms with Gasteiger partial charge in [0.25, 0.3) is 5.91 Å². The van der Waals surface area contributed by atoms with E-state index in [0.717, 1.165) is 22.6 Å². The van der Waals surface area contributed by atoms with Gasteiger partial charge < -0.3 is 15.2 Å². The van der Waals surface area contributed by atoms with Gasteiger partial charge in [-0.25, -0.2) is 4.52 Å². The second-order valence-corrected chi connectivity index (χ2v) is 7.19. The Kier molecular flexibility index (Phi) is 5.33. The maximum atomic E-state index is 12.4. The van der Waals surface area contributed by atoms with Gasteiger partial charge in [-0.15, -0.1) is 0 Å². The summed E-state index contributed by atoms with van der Waals surface area (Å²) in [6.07, 6.45) is 3.56. The highest BCUT2D eigenvalue weighted by Gasteiger charge is 2.14. The SMILES string of the molecule is CC(NCc1cn(C)c2c(C#N)cnn12)c1cccc(NC(=O)c2ccccc2)c1. The van der Waals surface area contributed by atoms with E-state index in [9.17, 15) is 10.1 Å². The van der Waals surface area contributed by atoms with Crippen LogP contribution in [-0.2, 0) is 13.6 Å². The topological polar surface area (TPSA) is 87.2 Å². The van der Waals surface area contributed by atoms with Crippen LogP contribution in [0.2, 0.25) is 0 Å². The van der Waals surface area contributed by atoms with Crippen molar-refractivity contribution in [2.24, 2.45) is 7.05 Å². The molecule has 0 aliphatic rings. The van der Waals surface area contributed by atoms with E-state index in [4.69, 9.17) is 0 Å². The highest BCUT2D eigenvalue weighted by atomic mass is 16.1. The van der Waals surface area contributed by atoms with E-state index in [1.807, 2.05) is 60.3 Å². The zero-order valence-electron chi connectivity index (χ0n) is 16.8. The molecule has 1 atom stereocenters. The van der Waals surface area contributed by atoms with Crippen molar-refractivity contribution >= 4 is 17.2 Å². The van der Waals surface area contributed by atoms with Crippen LogP contribution < -0.4 is 10.6 Å². The van der Waals surface area contributed by atoms with E-state index in [-0.39, 0.29) is 11.9 Å². The van der Waals surface area contributed by atoms with Crippen LogP contribution in [0.1, 0.15) is 40.1 Å². The Morgan fingerprint density at radius 3 is 2.77 bits per heavy atom. The molecular formula is C23H22N6O. The fraction of sp³-hybridized carbons (Fsp3) is 0.174. The summed E-state index contributed by atoms with van der Waals surface area (Å²) in [5.74, 6) is -0.132.